The summed E-state index contributed by atoms with van der Waals surface area (Å²) < 4.78 is 81.0. The molecular weight excluding hydrogens is 537 g/mol. The average Bonchev–Trinajstić information content (AvgIpc) is 3.37. The number of amides is 1. The topological polar surface area (TPSA) is 94.2 Å². The molecule has 2 saturated heterocycles. The van der Waals surface area contributed by atoms with Crippen LogP contribution in [0.1, 0.15) is 56.0 Å². The molecule has 2 atom stereocenters. The lowest BCUT2D eigenvalue weighted by atomic mass is 9.98. The number of halogens is 3. The molecule has 214 valence electrons. The van der Waals surface area contributed by atoms with Crippen molar-refractivity contribution in [1.82, 2.24) is 9.62 Å². The van der Waals surface area contributed by atoms with Crippen LogP contribution in [0.5, 0.6) is 5.75 Å². The molecule has 12 heteroatoms. The van der Waals surface area contributed by atoms with Crippen molar-refractivity contribution in [3.8, 4) is 5.75 Å². The number of carbonyl (C=O) groups is 1. The first-order valence-electron chi connectivity index (χ1n) is 12.8. The highest BCUT2D eigenvalue weighted by atomic mass is 32.2. The summed E-state index contributed by atoms with van der Waals surface area (Å²) in [6, 6.07) is 11.0. The highest BCUT2D eigenvalue weighted by molar-refractivity contribution is 7.90. The van der Waals surface area contributed by atoms with Crippen molar-refractivity contribution in [2.45, 2.75) is 68.6 Å². The van der Waals surface area contributed by atoms with Crippen LogP contribution >= 0.6 is 0 Å². The Morgan fingerprint density at radius 3 is 2.44 bits per heavy atom. The fraction of sp³-hybridized carbons (Fsp3) is 0.519. The number of nitrogens with one attached hydrogen (secondary N) is 1. The molecular formula is C27H33F3N2O6S. The smallest absolute Gasteiger partial charge is 0.416 e. The van der Waals surface area contributed by atoms with Gasteiger partial charge in [0.15, 0.2) is 5.60 Å². The van der Waals surface area contributed by atoms with E-state index in [4.69, 9.17) is 14.2 Å². The molecule has 39 heavy (non-hydrogen) atoms. The van der Waals surface area contributed by atoms with Gasteiger partial charge in [0.2, 0.25) is 5.79 Å². The lowest BCUT2D eigenvalue weighted by molar-refractivity contribution is -0.243. The predicted octanol–water partition coefficient (Wildman–Crippen LogP) is 4.60. The zero-order valence-electron chi connectivity index (χ0n) is 22.1. The maximum atomic E-state index is 12.9. The van der Waals surface area contributed by atoms with Crippen LogP contribution in [-0.4, -0.2) is 63.0 Å². The van der Waals surface area contributed by atoms with E-state index >= 15 is 0 Å². The average molecular weight is 571 g/mol. The van der Waals surface area contributed by atoms with E-state index < -0.39 is 39.1 Å². The molecule has 0 spiro atoms. The van der Waals surface area contributed by atoms with Crippen LogP contribution in [0, 0.1) is 0 Å². The van der Waals surface area contributed by atoms with E-state index in [2.05, 4.69) is 4.90 Å². The molecule has 8 nitrogen and oxygen atoms in total. The summed E-state index contributed by atoms with van der Waals surface area (Å²) in [7, 11) is -3.55. The van der Waals surface area contributed by atoms with Gasteiger partial charge >= 0.3 is 6.18 Å². The lowest BCUT2D eigenvalue weighted by Gasteiger charge is -2.40. The van der Waals surface area contributed by atoms with Crippen LogP contribution in [0.3, 0.4) is 0 Å². The zero-order chi connectivity index (χ0) is 28.5. The molecule has 0 saturated carbocycles. The zero-order valence-corrected chi connectivity index (χ0v) is 22.9. The number of rotatable bonds is 5. The van der Waals surface area contributed by atoms with Gasteiger partial charge in [0.05, 0.1) is 23.8 Å². The summed E-state index contributed by atoms with van der Waals surface area (Å²) in [6.45, 7) is 8.73. The van der Waals surface area contributed by atoms with Crippen molar-refractivity contribution >= 4 is 15.9 Å². The third-order valence-corrected chi connectivity index (χ3v) is 8.51. The number of piperidine rings is 1. The third-order valence-electron chi connectivity index (χ3n) is 7.12. The first-order chi connectivity index (χ1) is 18.2. The van der Waals surface area contributed by atoms with Gasteiger partial charge in [-0.15, -0.1) is 0 Å². The minimum absolute atomic E-state index is 0.0648. The first-order valence-corrected chi connectivity index (χ1v) is 14.3. The monoisotopic (exact) mass is 570 g/mol. The predicted molar refractivity (Wildman–Crippen MR) is 137 cm³/mol. The van der Waals surface area contributed by atoms with E-state index in [-0.39, 0.29) is 22.3 Å². The second-order valence-electron chi connectivity index (χ2n) is 10.4. The van der Waals surface area contributed by atoms with Gasteiger partial charge < -0.3 is 19.1 Å². The van der Waals surface area contributed by atoms with E-state index in [1.54, 1.807) is 32.9 Å². The van der Waals surface area contributed by atoms with E-state index in [0.29, 0.717) is 6.61 Å². The highest BCUT2D eigenvalue weighted by Crippen LogP contribution is 2.39. The van der Waals surface area contributed by atoms with Crippen molar-refractivity contribution in [2.24, 2.45) is 0 Å². The number of likely N-dealkylation sites (tertiary alicyclic amines) is 1. The Kier molecular flexibility index (Phi) is 8.32. The van der Waals surface area contributed by atoms with Gasteiger partial charge in [-0.1, -0.05) is 24.6 Å². The summed E-state index contributed by atoms with van der Waals surface area (Å²) in [5, 5.41) is 0. The van der Waals surface area contributed by atoms with Crippen LogP contribution in [0.4, 0.5) is 13.2 Å². The van der Waals surface area contributed by atoms with Gasteiger partial charge in [-0.2, -0.15) is 13.2 Å². The Morgan fingerprint density at radius 1 is 1.08 bits per heavy atom. The molecule has 2 unspecified atom stereocenters. The van der Waals surface area contributed by atoms with Gasteiger partial charge in [0.1, 0.15) is 10.6 Å². The molecule has 3 aliphatic heterocycles. The second kappa shape index (κ2) is 11.1. The van der Waals surface area contributed by atoms with Crippen LogP contribution in [0.2, 0.25) is 0 Å². The molecule has 0 bridgehead atoms. The molecule has 3 heterocycles. The van der Waals surface area contributed by atoms with E-state index in [9.17, 15) is 26.4 Å². The highest BCUT2D eigenvalue weighted by Gasteiger charge is 2.51. The molecule has 5 rings (SSSR count). The Bertz CT molecular complexity index is 1290. The van der Waals surface area contributed by atoms with Crippen LogP contribution in [0.25, 0.3) is 0 Å². The van der Waals surface area contributed by atoms with Crippen molar-refractivity contribution < 1.29 is 40.6 Å². The number of carbonyl (C=O) groups excluding carboxylic acids is 1. The summed E-state index contributed by atoms with van der Waals surface area (Å²) in [5.74, 6) is -1.45. The Morgan fingerprint density at radius 2 is 1.77 bits per heavy atom. The van der Waals surface area contributed by atoms with Gasteiger partial charge in [0.25, 0.3) is 15.9 Å². The van der Waals surface area contributed by atoms with Crippen LogP contribution < -0.4 is 9.46 Å². The summed E-state index contributed by atoms with van der Waals surface area (Å²) in [6.07, 6.45) is -0.803. The number of sulfonamides is 1. The molecule has 2 aromatic rings. The van der Waals surface area contributed by atoms with Crippen LogP contribution in [0.15, 0.2) is 53.4 Å². The number of hydrogen-bond acceptors (Lipinski definition) is 7. The van der Waals surface area contributed by atoms with Crippen molar-refractivity contribution in [1.29, 1.82) is 0 Å². The SMILES string of the molecule is CC(C)(Oc1cccc(C(F)(F)F)c1)C1(C)OCC(CN2CCCCC2)O1.O=C1NS(=O)(=O)c2ccccc21. The Balaban J connectivity index is 0.000000243. The second-order valence-corrected chi connectivity index (χ2v) is 12.1. The summed E-state index contributed by atoms with van der Waals surface area (Å²) in [5.41, 5.74) is -1.48. The molecule has 1 N–H and O–H groups in total. The number of ether oxygens (including phenoxy) is 3. The lowest BCUT2D eigenvalue weighted by Crippen LogP contribution is -2.53. The minimum atomic E-state index is -4.41. The Hall–Kier alpha value is -2.67. The molecule has 2 aromatic carbocycles. The number of fused-ring (bicyclic) bond motifs is 1. The minimum Gasteiger partial charge on any atom is -0.482 e. The molecule has 0 radical (unpaired) electrons. The first kappa shape index (κ1) is 29.3. The largest absolute Gasteiger partial charge is 0.482 e. The molecule has 2 fully saturated rings. The molecule has 1 amide bonds. The quantitative estimate of drug-likeness (QED) is 0.562. The van der Waals surface area contributed by atoms with Crippen LogP contribution in [-0.2, 0) is 25.7 Å². The molecule has 0 aliphatic carbocycles. The van der Waals surface area contributed by atoms with E-state index in [0.717, 1.165) is 31.8 Å². The standard InChI is InChI=1S/C20H28F3NO3.C7H5NO3S/c1-18(2,26-16-9-7-8-15(12-16)20(21,22)23)19(3)25-14-17(27-19)13-24-10-5-4-6-11-24;9-7-5-3-1-2-4-6(5)12(10,11)8-7/h7-9,12,17H,4-6,10-11,13-14H2,1-3H3;1-4H,(H,8,9). The fourth-order valence-electron chi connectivity index (χ4n) is 4.72. The van der Waals surface area contributed by atoms with Gasteiger partial charge in [-0.3, -0.25) is 4.79 Å². The number of alkyl halides is 3. The van der Waals surface area contributed by atoms with Crippen molar-refractivity contribution in [3.63, 3.8) is 0 Å². The number of nitrogens with zero attached hydrogens (tertiary/aromatic N) is 1. The van der Waals surface area contributed by atoms with Gasteiger partial charge in [-0.05, 0) is 77.0 Å². The summed E-state index contributed by atoms with van der Waals surface area (Å²) >= 11 is 0. The third kappa shape index (κ3) is 6.74. The van der Waals surface area contributed by atoms with E-state index in [1.165, 1.54) is 43.5 Å². The van der Waals surface area contributed by atoms with Crippen molar-refractivity contribution in [2.75, 3.05) is 26.2 Å². The number of hydrogen-bond donors (Lipinski definition) is 1. The number of benzene rings is 2. The summed E-state index contributed by atoms with van der Waals surface area (Å²) in [4.78, 5) is 13.4. The van der Waals surface area contributed by atoms with Crippen molar-refractivity contribution in [3.05, 3.63) is 59.7 Å². The Labute approximate surface area is 226 Å². The van der Waals surface area contributed by atoms with Gasteiger partial charge in [0, 0.05) is 6.54 Å². The maximum absolute atomic E-state index is 12.9. The molecule has 3 aliphatic rings. The normalized spacial score (nSPS) is 24.9. The molecule has 0 aromatic heterocycles. The van der Waals surface area contributed by atoms with Gasteiger partial charge in [-0.25, -0.2) is 13.1 Å². The maximum Gasteiger partial charge on any atom is 0.416 e. The van der Waals surface area contributed by atoms with E-state index in [1.807, 2.05) is 4.72 Å². The fourth-order valence-corrected chi connectivity index (χ4v) is 5.89.